The molecule has 4 nitrogen and oxygen atoms in total. The highest BCUT2D eigenvalue weighted by molar-refractivity contribution is 7.97. The van der Waals surface area contributed by atoms with E-state index in [2.05, 4.69) is 72.7 Å². The third kappa shape index (κ3) is 7.94. The lowest BCUT2D eigenvalue weighted by molar-refractivity contribution is 0.182. The summed E-state index contributed by atoms with van der Waals surface area (Å²) < 4.78 is 2.26. The maximum atomic E-state index is 9.29. The predicted molar refractivity (Wildman–Crippen MR) is 135 cm³/mol. The second-order valence-electron chi connectivity index (χ2n) is 7.61. The number of hydrogen-bond acceptors (Lipinski definition) is 5. The van der Waals surface area contributed by atoms with Crippen LogP contribution in [0.1, 0.15) is 39.2 Å². The normalized spacial score (nSPS) is 11.6. The number of nitrogens with zero attached hydrogens (tertiary/aromatic N) is 1. The van der Waals surface area contributed by atoms with Gasteiger partial charge < -0.3 is 5.73 Å². The zero-order chi connectivity index (χ0) is 22.6. The summed E-state index contributed by atoms with van der Waals surface area (Å²) in [5.74, 6) is 0. The third-order valence-corrected chi connectivity index (χ3v) is 6.02. The molecule has 0 saturated carbocycles. The van der Waals surface area contributed by atoms with E-state index in [9.17, 15) is 5.21 Å². The monoisotopic (exact) mass is 437 g/mol. The standard InChI is InChI=1S/C23H27N3OS.C3H8/c1-17(25-27)18(2)26(14-6-9-19-7-4-3-5-8-19)28-23-13-11-20-15-22(24)12-10-21(20)16-23;1-3-2/h3-5,7-8,10-13,15-16,18,25,27H,1,6,9,14,24H2,2H3;3H2,1-2H3. The lowest BCUT2D eigenvalue weighted by Crippen LogP contribution is -2.33. The largest absolute Gasteiger partial charge is 0.399 e. The Bertz CT molecular complexity index is 946. The number of nitrogens with two attached hydrogens (primary N) is 1. The molecule has 0 aromatic heterocycles. The van der Waals surface area contributed by atoms with Crippen molar-refractivity contribution in [3.8, 4) is 0 Å². The number of rotatable bonds is 9. The molecule has 0 bridgehead atoms. The second-order valence-corrected chi connectivity index (χ2v) is 8.73. The van der Waals surface area contributed by atoms with Crippen LogP contribution >= 0.6 is 11.9 Å². The van der Waals surface area contributed by atoms with E-state index < -0.39 is 0 Å². The van der Waals surface area contributed by atoms with Crippen LogP contribution in [-0.4, -0.2) is 22.1 Å². The predicted octanol–water partition coefficient (Wildman–Crippen LogP) is 6.66. The Hall–Kier alpha value is -2.47. The van der Waals surface area contributed by atoms with Crippen molar-refractivity contribution < 1.29 is 5.21 Å². The second kappa shape index (κ2) is 13.1. The van der Waals surface area contributed by atoms with Gasteiger partial charge in [-0.15, -0.1) is 0 Å². The number of hydrogen-bond donors (Lipinski definition) is 3. The van der Waals surface area contributed by atoms with Gasteiger partial charge in [-0.25, -0.2) is 4.31 Å². The van der Waals surface area contributed by atoms with Gasteiger partial charge in [-0.3, -0.25) is 10.7 Å². The summed E-state index contributed by atoms with van der Waals surface area (Å²) in [6.45, 7) is 11.1. The first-order valence-corrected chi connectivity index (χ1v) is 11.6. The van der Waals surface area contributed by atoms with Crippen molar-refractivity contribution in [2.24, 2.45) is 0 Å². The summed E-state index contributed by atoms with van der Waals surface area (Å²) in [6.07, 6.45) is 3.28. The summed E-state index contributed by atoms with van der Waals surface area (Å²) in [5, 5.41) is 11.6. The third-order valence-electron chi connectivity index (χ3n) is 4.83. The van der Waals surface area contributed by atoms with Gasteiger partial charge in [-0.2, -0.15) is 0 Å². The van der Waals surface area contributed by atoms with E-state index >= 15 is 0 Å². The van der Waals surface area contributed by atoms with Crippen LogP contribution in [0, 0.1) is 0 Å². The topological polar surface area (TPSA) is 61.5 Å². The van der Waals surface area contributed by atoms with Gasteiger partial charge in [-0.1, -0.05) is 69.3 Å². The van der Waals surface area contributed by atoms with Crippen molar-refractivity contribution in [3.05, 3.63) is 84.6 Å². The van der Waals surface area contributed by atoms with E-state index in [0.717, 1.165) is 40.7 Å². The van der Waals surface area contributed by atoms with Crippen molar-refractivity contribution in [2.75, 3.05) is 12.3 Å². The minimum Gasteiger partial charge on any atom is -0.399 e. The molecular formula is C26H35N3OS. The Morgan fingerprint density at radius 3 is 2.39 bits per heavy atom. The van der Waals surface area contributed by atoms with Crippen LogP contribution in [0.5, 0.6) is 0 Å². The summed E-state index contributed by atoms with van der Waals surface area (Å²) in [5.41, 5.74) is 10.8. The molecule has 3 aromatic rings. The van der Waals surface area contributed by atoms with Crippen LogP contribution in [0.3, 0.4) is 0 Å². The summed E-state index contributed by atoms with van der Waals surface area (Å²) in [6, 6.07) is 22.8. The first kappa shape index (κ1) is 24.8. The Balaban J connectivity index is 0.00000107. The quantitative estimate of drug-likeness (QED) is 0.198. The molecule has 0 radical (unpaired) electrons. The van der Waals surface area contributed by atoms with E-state index in [1.807, 2.05) is 31.2 Å². The molecule has 0 aliphatic rings. The molecule has 166 valence electrons. The molecular weight excluding hydrogens is 402 g/mol. The van der Waals surface area contributed by atoms with Gasteiger partial charge in [0.25, 0.3) is 0 Å². The van der Waals surface area contributed by atoms with E-state index in [-0.39, 0.29) is 6.04 Å². The van der Waals surface area contributed by atoms with E-state index in [4.69, 9.17) is 5.73 Å². The van der Waals surface area contributed by atoms with Gasteiger partial charge in [0.1, 0.15) is 0 Å². The molecule has 0 fully saturated rings. The highest BCUT2D eigenvalue weighted by Crippen LogP contribution is 2.30. The number of hydroxylamine groups is 1. The van der Waals surface area contributed by atoms with E-state index in [1.165, 1.54) is 12.0 Å². The molecule has 0 aliphatic heterocycles. The zero-order valence-electron chi connectivity index (χ0n) is 18.8. The van der Waals surface area contributed by atoms with Crippen LogP contribution in [0.2, 0.25) is 0 Å². The Labute approximate surface area is 191 Å². The average molecular weight is 438 g/mol. The van der Waals surface area contributed by atoms with Crippen LogP contribution in [0.15, 0.2) is 83.9 Å². The molecule has 1 atom stereocenters. The highest BCUT2D eigenvalue weighted by Gasteiger charge is 2.18. The molecule has 0 saturated heterocycles. The lowest BCUT2D eigenvalue weighted by Gasteiger charge is -2.29. The minimum atomic E-state index is -0.0205. The van der Waals surface area contributed by atoms with Gasteiger partial charge in [0, 0.05) is 22.8 Å². The molecule has 0 aliphatic carbocycles. The fourth-order valence-electron chi connectivity index (χ4n) is 3.10. The Morgan fingerprint density at radius 1 is 1.06 bits per heavy atom. The van der Waals surface area contributed by atoms with Crippen LogP contribution in [0.25, 0.3) is 10.8 Å². The molecule has 3 aromatic carbocycles. The van der Waals surface area contributed by atoms with Crippen molar-refractivity contribution >= 4 is 28.4 Å². The van der Waals surface area contributed by atoms with Crippen LogP contribution in [-0.2, 0) is 6.42 Å². The number of nitrogens with one attached hydrogen (secondary N) is 1. The van der Waals surface area contributed by atoms with Crippen molar-refractivity contribution in [1.29, 1.82) is 0 Å². The molecule has 4 N–H and O–H groups in total. The maximum Gasteiger partial charge on any atom is 0.0591 e. The Morgan fingerprint density at radius 2 is 1.71 bits per heavy atom. The first-order chi connectivity index (χ1) is 15.0. The van der Waals surface area contributed by atoms with Gasteiger partial charge in [0.2, 0.25) is 0 Å². The SMILES string of the molecule is C=C(NO)C(C)N(CCCc1ccccc1)Sc1ccc2cc(N)ccc2c1.CCC. The first-order valence-electron chi connectivity index (χ1n) is 10.8. The van der Waals surface area contributed by atoms with Crippen molar-refractivity contribution in [2.45, 2.75) is 51.0 Å². The fourth-order valence-corrected chi connectivity index (χ4v) is 4.19. The van der Waals surface area contributed by atoms with Gasteiger partial charge in [0.05, 0.1) is 6.04 Å². The molecule has 31 heavy (non-hydrogen) atoms. The fraction of sp³-hybridized carbons (Fsp3) is 0.308. The smallest absolute Gasteiger partial charge is 0.0591 e. The average Bonchev–Trinajstić information content (AvgIpc) is 2.78. The maximum absolute atomic E-state index is 9.29. The highest BCUT2D eigenvalue weighted by atomic mass is 32.2. The number of benzene rings is 3. The van der Waals surface area contributed by atoms with Crippen LogP contribution < -0.4 is 11.2 Å². The number of nitrogen functional groups attached to an aromatic ring is 1. The molecule has 0 amide bonds. The van der Waals surface area contributed by atoms with Crippen molar-refractivity contribution in [1.82, 2.24) is 9.79 Å². The summed E-state index contributed by atoms with van der Waals surface area (Å²) in [7, 11) is 0. The number of fused-ring (bicyclic) bond motifs is 1. The molecule has 0 spiro atoms. The van der Waals surface area contributed by atoms with Gasteiger partial charge in [-0.05, 0) is 72.3 Å². The summed E-state index contributed by atoms with van der Waals surface area (Å²) in [4.78, 5) is 1.15. The zero-order valence-corrected chi connectivity index (χ0v) is 19.7. The molecule has 3 rings (SSSR count). The molecule has 5 heteroatoms. The molecule has 1 unspecified atom stereocenters. The van der Waals surface area contributed by atoms with E-state index in [1.54, 1.807) is 11.9 Å². The lowest BCUT2D eigenvalue weighted by atomic mass is 10.1. The summed E-state index contributed by atoms with van der Waals surface area (Å²) >= 11 is 1.68. The van der Waals surface area contributed by atoms with E-state index in [0.29, 0.717) is 5.70 Å². The van der Waals surface area contributed by atoms with Gasteiger partial charge in [0.15, 0.2) is 0 Å². The molecule has 0 heterocycles. The minimum absolute atomic E-state index is 0.0205. The van der Waals surface area contributed by atoms with Crippen molar-refractivity contribution in [3.63, 3.8) is 0 Å². The number of aryl methyl sites for hydroxylation is 1. The number of anilines is 1. The Kier molecular flexibility index (Phi) is 10.4. The van der Waals surface area contributed by atoms with Crippen LogP contribution in [0.4, 0.5) is 5.69 Å². The van der Waals surface area contributed by atoms with Gasteiger partial charge >= 0.3 is 0 Å².